The first-order chi connectivity index (χ1) is 10.8. The number of aliphatic hydroxyl groups is 1. The van der Waals surface area contributed by atoms with Crippen LogP contribution in [0.4, 0.5) is 4.79 Å². The Kier molecular flexibility index (Phi) is 4.60. The van der Waals surface area contributed by atoms with Crippen molar-refractivity contribution in [2.75, 3.05) is 19.8 Å². The summed E-state index contributed by atoms with van der Waals surface area (Å²) in [6.07, 6.45) is 3.25. The minimum atomic E-state index is -0.592. The highest BCUT2D eigenvalue weighted by Gasteiger charge is 2.58. The zero-order valence-electron chi connectivity index (χ0n) is 14.3. The molecule has 1 saturated heterocycles. The fraction of sp³-hybridized carbons (Fsp3) is 0.941. The fourth-order valence-corrected chi connectivity index (χ4v) is 4.58. The van der Waals surface area contributed by atoms with E-state index in [1.807, 2.05) is 20.8 Å². The number of alkyl carbamates (subject to hydrolysis) is 1. The van der Waals surface area contributed by atoms with Crippen molar-refractivity contribution in [3.8, 4) is 0 Å². The van der Waals surface area contributed by atoms with Gasteiger partial charge in [-0.15, -0.1) is 0 Å². The lowest BCUT2D eigenvalue weighted by atomic mass is 9.76. The number of carbonyl (C=O) groups is 1. The fourth-order valence-electron chi connectivity index (χ4n) is 4.58. The summed E-state index contributed by atoms with van der Waals surface area (Å²) < 4.78 is 17.1. The molecule has 1 amide bonds. The summed E-state index contributed by atoms with van der Waals surface area (Å²) in [5, 5.41) is 12.8. The molecule has 0 radical (unpaired) electrons. The first-order valence-corrected chi connectivity index (χ1v) is 8.71. The van der Waals surface area contributed by atoms with Crippen LogP contribution in [0.25, 0.3) is 0 Å². The standard InChI is InChI=1S/C17H29NO5/c1-16(2,3)23-15(20)18-12-4-5-13-11(8-12)9-17(14(13)10-19)21-6-7-22-17/h11-14,19H,4-10H2,1-3H3,(H,18,20)/t11-,12?,13-,14+/m1/s1. The predicted molar refractivity (Wildman–Crippen MR) is 83.8 cm³/mol. The third-order valence-corrected chi connectivity index (χ3v) is 5.36. The summed E-state index contributed by atoms with van der Waals surface area (Å²) in [6.45, 7) is 6.91. The molecule has 6 heteroatoms. The number of rotatable bonds is 2. The number of carbonyl (C=O) groups excluding carboxylic acids is 1. The SMILES string of the molecule is CC(C)(C)OC(=O)NC1CC[C@@H]2[C@H](C1)CC1(OCCO1)[C@H]2CO. The third-order valence-electron chi connectivity index (χ3n) is 5.36. The molecule has 1 heterocycles. The molecule has 132 valence electrons. The van der Waals surface area contributed by atoms with Crippen LogP contribution in [-0.2, 0) is 14.2 Å². The van der Waals surface area contributed by atoms with Gasteiger partial charge in [-0.1, -0.05) is 0 Å². The molecule has 23 heavy (non-hydrogen) atoms. The zero-order valence-corrected chi connectivity index (χ0v) is 14.3. The quantitative estimate of drug-likeness (QED) is 0.812. The molecule has 0 bridgehead atoms. The van der Waals surface area contributed by atoms with Gasteiger partial charge in [0.05, 0.1) is 19.8 Å². The van der Waals surface area contributed by atoms with Gasteiger partial charge in [-0.25, -0.2) is 4.79 Å². The Hall–Kier alpha value is -0.850. The van der Waals surface area contributed by atoms with Gasteiger partial charge in [-0.3, -0.25) is 0 Å². The van der Waals surface area contributed by atoms with Crippen molar-refractivity contribution in [1.29, 1.82) is 0 Å². The van der Waals surface area contributed by atoms with Gasteiger partial charge in [-0.2, -0.15) is 0 Å². The lowest BCUT2D eigenvalue weighted by Crippen LogP contribution is -2.43. The van der Waals surface area contributed by atoms with E-state index in [2.05, 4.69) is 5.32 Å². The second-order valence-electron chi connectivity index (χ2n) is 8.08. The molecule has 3 rings (SSSR count). The van der Waals surface area contributed by atoms with E-state index in [-0.39, 0.29) is 24.7 Å². The van der Waals surface area contributed by atoms with Gasteiger partial charge in [0.25, 0.3) is 0 Å². The Bertz CT molecular complexity index is 441. The molecule has 1 spiro atoms. The number of nitrogens with one attached hydrogen (secondary N) is 1. The number of aliphatic hydroxyl groups excluding tert-OH is 1. The van der Waals surface area contributed by atoms with Crippen molar-refractivity contribution in [2.45, 2.75) is 63.9 Å². The highest BCUT2D eigenvalue weighted by Crippen LogP contribution is 2.54. The van der Waals surface area contributed by atoms with Crippen molar-refractivity contribution in [3.05, 3.63) is 0 Å². The predicted octanol–water partition coefficient (Wildman–Crippen LogP) is 2.05. The number of fused-ring (bicyclic) bond motifs is 1. The second kappa shape index (κ2) is 6.22. The van der Waals surface area contributed by atoms with Gasteiger partial charge < -0.3 is 24.6 Å². The second-order valence-corrected chi connectivity index (χ2v) is 8.08. The smallest absolute Gasteiger partial charge is 0.407 e. The van der Waals surface area contributed by atoms with E-state index in [1.54, 1.807) is 0 Å². The van der Waals surface area contributed by atoms with Crippen LogP contribution in [0.1, 0.15) is 46.5 Å². The first-order valence-electron chi connectivity index (χ1n) is 8.71. The zero-order chi connectivity index (χ0) is 16.7. The normalized spacial score (nSPS) is 36.0. The van der Waals surface area contributed by atoms with E-state index in [9.17, 15) is 9.90 Å². The summed E-state index contributed by atoms with van der Waals surface area (Å²) in [4.78, 5) is 12.0. The summed E-state index contributed by atoms with van der Waals surface area (Å²) in [7, 11) is 0. The van der Waals surface area contributed by atoms with Gasteiger partial charge >= 0.3 is 6.09 Å². The first kappa shape index (κ1) is 17.0. The molecular formula is C17H29NO5. The van der Waals surface area contributed by atoms with E-state index in [0.717, 1.165) is 25.7 Å². The molecule has 1 unspecified atom stereocenters. The minimum Gasteiger partial charge on any atom is -0.444 e. The Labute approximate surface area is 137 Å². The monoisotopic (exact) mass is 327 g/mol. The maximum atomic E-state index is 12.0. The van der Waals surface area contributed by atoms with Crippen LogP contribution in [0.3, 0.4) is 0 Å². The van der Waals surface area contributed by atoms with Crippen molar-refractivity contribution in [3.63, 3.8) is 0 Å². The third kappa shape index (κ3) is 3.49. The number of amides is 1. The van der Waals surface area contributed by atoms with Gasteiger partial charge in [0.2, 0.25) is 0 Å². The summed E-state index contributed by atoms with van der Waals surface area (Å²) >= 11 is 0. The molecular weight excluding hydrogens is 298 g/mol. The number of hydrogen-bond acceptors (Lipinski definition) is 5. The average molecular weight is 327 g/mol. The molecule has 6 nitrogen and oxygen atoms in total. The number of hydrogen-bond donors (Lipinski definition) is 2. The van der Waals surface area contributed by atoms with E-state index >= 15 is 0 Å². The van der Waals surface area contributed by atoms with E-state index in [4.69, 9.17) is 14.2 Å². The number of ether oxygens (including phenoxy) is 3. The van der Waals surface area contributed by atoms with Crippen molar-refractivity contribution in [2.24, 2.45) is 17.8 Å². The summed E-state index contributed by atoms with van der Waals surface area (Å²) in [5.41, 5.74) is -0.480. The Morgan fingerprint density at radius 3 is 2.61 bits per heavy atom. The van der Waals surface area contributed by atoms with Crippen LogP contribution >= 0.6 is 0 Å². The largest absolute Gasteiger partial charge is 0.444 e. The topological polar surface area (TPSA) is 77.0 Å². The Morgan fingerprint density at radius 2 is 2.00 bits per heavy atom. The van der Waals surface area contributed by atoms with Crippen molar-refractivity contribution in [1.82, 2.24) is 5.32 Å². The molecule has 3 fully saturated rings. The van der Waals surface area contributed by atoms with Crippen LogP contribution in [0.15, 0.2) is 0 Å². The minimum absolute atomic E-state index is 0.0532. The lowest BCUT2D eigenvalue weighted by molar-refractivity contribution is -0.194. The van der Waals surface area contributed by atoms with Crippen molar-refractivity contribution < 1.29 is 24.1 Å². The molecule has 1 aliphatic heterocycles. The highest BCUT2D eigenvalue weighted by atomic mass is 16.7. The maximum absolute atomic E-state index is 12.0. The summed E-state index contributed by atoms with van der Waals surface area (Å²) in [5.74, 6) is 0.288. The molecule has 0 aromatic heterocycles. The van der Waals surface area contributed by atoms with Crippen molar-refractivity contribution >= 4 is 6.09 Å². The van der Waals surface area contributed by atoms with Crippen LogP contribution < -0.4 is 5.32 Å². The van der Waals surface area contributed by atoms with Gasteiger partial charge in [0.1, 0.15) is 5.60 Å². The maximum Gasteiger partial charge on any atom is 0.407 e. The van der Waals surface area contributed by atoms with E-state index in [1.165, 1.54) is 0 Å². The van der Waals surface area contributed by atoms with E-state index < -0.39 is 11.4 Å². The van der Waals surface area contributed by atoms with Crippen LogP contribution in [-0.4, -0.2) is 48.5 Å². The van der Waals surface area contributed by atoms with Crippen LogP contribution in [0.2, 0.25) is 0 Å². The molecule has 0 aromatic rings. The van der Waals surface area contributed by atoms with Crippen LogP contribution in [0.5, 0.6) is 0 Å². The van der Waals surface area contributed by atoms with Crippen LogP contribution in [0, 0.1) is 17.8 Å². The molecule has 2 aliphatic carbocycles. The molecule has 0 aromatic carbocycles. The van der Waals surface area contributed by atoms with Gasteiger partial charge in [0, 0.05) is 18.4 Å². The summed E-state index contributed by atoms with van der Waals surface area (Å²) in [6, 6.07) is 0.127. The molecule has 2 N–H and O–H groups in total. The Balaban J connectivity index is 1.60. The lowest BCUT2D eigenvalue weighted by Gasteiger charge is -2.35. The van der Waals surface area contributed by atoms with Gasteiger partial charge in [0.15, 0.2) is 5.79 Å². The highest BCUT2D eigenvalue weighted by molar-refractivity contribution is 5.68. The van der Waals surface area contributed by atoms with Gasteiger partial charge in [-0.05, 0) is 51.9 Å². The molecule has 3 aliphatic rings. The Morgan fingerprint density at radius 1 is 1.30 bits per heavy atom. The van der Waals surface area contributed by atoms with E-state index in [0.29, 0.717) is 25.0 Å². The molecule has 4 atom stereocenters. The average Bonchev–Trinajstić information content (AvgIpc) is 3.00. The molecule has 2 saturated carbocycles.